The summed E-state index contributed by atoms with van der Waals surface area (Å²) in [4.78, 5) is 15.8. The number of nitrogens with zero attached hydrogens (tertiary/aromatic N) is 3. The summed E-state index contributed by atoms with van der Waals surface area (Å²) in [5.74, 6) is 0.472. The molecule has 1 aromatic carbocycles. The van der Waals surface area contributed by atoms with Crippen LogP contribution in [0.4, 0.5) is 0 Å². The Morgan fingerprint density at radius 2 is 2.13 bits per heavy atom. The SMILES string of the molecule is C[C@@H](NC(=O)/C=C/c1ccco1)c1ccc(-n2cncn2)cc1. The molecule has 0 aliphatic rings. The fourth-order valence-electron chi connectivity index (χ4n) is 2.15. The molecule has 1 atom stereocenters. The first-order valence-electron chi connectivity index (χ1n) is 7.19. The molecule has 0 spiro atoms. The topological polar surface area (TPSA) is 73.0 Å². The second-order valence-corrected chi connectivity index (χ2v) is 5.01. The number of carbonyl (C=O) groups is 1. The molecule has 2 heterocycles. The summed E-state index contributed by atoms with van der Waals surface area (Å²) < 4.78 is 6.82. The summed E-state index contributed by atoms with van der Waals surface area (Å²) >= 11 is 0. The van der Waals surface area contributed by atoms with Crippen molar-refractivity contribution in [1.29, 1.82) is 0 Å². The molecule has 1 amide bonds. The van der Waals surface area contributed by atoms with E-state index >= 15 is 0 Å². The zero-order valence-corrected chi connectivity index (χ0v) is 12.6. The van der Waals surface area contributed by atoms with Gasteiger partial charge in [0.15, 0.2) is 0 Å². The number of hydrogen-bond donors (Lipinski definition) is 1. The molecule has 0 aliphatic carbocycles. The van der Waals surface area contributed by atoms with Crippen molar-refractivity contribution in [3.63, 3.8) is 0 Å². The second kappa shape index (κ2) is 6.74. The van der Waals surface area contributed by atoms with Crippen LogP contribution in [0.5, 0.6) is 0 Å². The molecular weight excluding hydrogens is 292 g/mol. The Hall–Kier alpha value is -3.15. The highest BCUT2D eigenvalue weighted by molar-refractivity contribution is 5.91. The molecule has 23 heavy (non-hydrogen) atoms. The summed E-state index contributed by atoms with van der Waals surface area (Å²) in [5, 5.41) is 6.99. The Bertz CT molecular complexity index is 775. The molecule has 0 saturated heterocycles. The van der Waals surface area contributed by atoms with Crippen molar-refractivity contribution in [2.24, 2.45) is 0 Å². The van der Waals surface area contributed by atoms with Crippen molar-refractivity contribution in [2.45, 2.75) is 13.0 Å². The van der Waals surface area contributed by atoms with Gasteiger partial charge in [0, 0.05) is 6.08 Å². The predicted molar refractivity (Wildman–Crippen MR) is 85.7 cm³/mol. The lowest BCUT2D eigenvalue weighted by Crippen LogP contribution is -2.24. The van der Waals surface area contributed by atoms with Crippen LogP contribution in [-0.2, 0) is 4.79 Å². The second-order valence-electron chi connectivity index (χ2n) is 5.01. The number of rotatable bonds is 5. The van der Waals surface area contributed by atoms with Gasteiger partial charge in [-0.25, -0.2) is 9.67 Å². The number of amides is 1. The lowest BCUT2D eigenvalue weighted by Gasteiger charge is -2.13. The van der Waals surface area contributed by atoms with Crippen LogP contribution in [0.15, 0.2) is 65.8 Å². The molecule has 2 aromatic heterocycles. The average molecular weight is 308 g/mol. The molecule has 1 N–H and O–H groups in total. The van der Waals surface area contributed by atoms with E-state index in [2.05, 4.69) is 15.4 Å². The Labute approximate surface area is 133 Å². The highest BCUT2D eigenvalue weighted by Crippen LogP contribution is 2.15. The molecule has 0 saturated carbocycles. The number of hydrogen-bond acceptors (Lipinski definition) is 4. The maximum atomic E-state index is 11.9. The molecule has 0 aliphatic heterocycles. The molecule has 0 fully saturated rings. The van der Waals surface area contributed by atoms with Gasteiger partial charge in [0.05, 0.1) is 18.0 Å². The van der Waals surface area contributed by atoms with Crippen molar-refractivity contribution in [3.8, 4) is 5.69 Å². The van der Waals surface area contributed by atoms with E-state index in [9.17, 15) is 4.79 Å². The quantitative estimate of drug-likeness (QED) is 0.736. The molecule has 0 unspecified atom stereocenters. The molecule has 0 bridgehead atoms. The lowest BCUT2D eigenvalue weighted by atomic mass is 10.1. The molecule has 3 aromatic rings. The normalized spacial score (nSPS) is 12.4. The van der Waals surface area contributed by atoms with Gasteiger partial charge in [0.25, 0.3) is 0 Å². The number of benzene rings is 1. The standard InChI is InChI=1S/C17H16N4O2/c1-13(20-17(22)9-8-16-3-2-10-23-16)14-4-6-15(7-5-14)21-12-18-11-19-21/h2-13H,1H3,(H,20,22)/b9-8+/t13-/m1/s1. The summed E-state index contributed by atoms with van der Waals surface area (Å²) in [6, 6.07) is 11.2. The van der Waals surface area contributed by atoms with Gasteiger partial charge in [-0.05, 0) is 42.8 Å². The van der Waals surface area contributed by atoms with Gasteiger partial charge in [-0.1, -0.05) is 12.1 Å². The van der Waals surface area contributed by atoms with Gasteiger partial charge < -0.3 is 9.73 Å². The minimum atomic E-state index is -0.172. The Morgan fingerprint density at radius 3 is 2.78 bits per heavy atom. The average Bonchev–Trinajstić information content (AvgIpc) is 3.26. The van der Waals surface area contributed by atoms with E-state index in [1.54, 1.807) is 35.5 Å². The molecule has 6 nitrogen and oxygen atoms in total. The maximum absolute atomic E-state index is 11.9. The minimum Gasteiger partial charge on any atom is -0.465 e. The van der Waals surface area contributed by atoms with E-state index in [0.29, 0.717) is 5.76 Å². The van der Waals surface area contributed by atoms with Crippen molar-refractivity contribution in [3.05, 3.63) is 72.7 Å². The van der Waals surface area contributed by atoms with Gasteiger partial charge in [0.1, 0.15) is 18.4 Å². The van der Waals surface area contributed by atoms with Crippen LogP contribution in [0, 0.1) is 0 Å². The predicted octanol–water partition coefficient (Wildman–Crippen LogP) is 2.75. The monoisotopic (exact) mass is 308 g/mol. The fraction of sp³-hybridized carbons (Fsp3) is 0.118. The van der Waals surface area contributed by atoms with E-state index in [-0.39, 0.29) is 11.9 Å². The Morgan fingerprint density at radius 1 is 1.30 bits per heavy atom. The fourth-order valence-corrected chi connectivity index (χ4v) is 2.15. The molecule has 3 rings (SSSR count). The third-order valence-corrected chi connectivity index (χ3v) is 3.38. The van der Waals surface area contributed by atoms with E-state index in [1.165, 1.54) is 12.4 Å². The van der Waals surface area contributed by atoms with Crippen LogP contribution in [0.2, 0.25) is 0 Å². The van der Waals surface area contributed by atoms with Crippen LogP contribution in [0.25, 0.3) is 11.8 Å². The summed E-state index contributed by atoms with van der Waals surface area (Å²) in [5.41, 5.74) is 1.93. The van der Waals surface area contributed by atoms with Crippen LogP contribution in [0.1, 0.15) is 24.3 Å². The summed E-state index contributed by atoms with van der Waals surface area (Å²) in [7, 11) is 0. The van der Waals surface area contributed by atoms with Gasteiger partial charge in [-0.3, -0.25) is 4.79 Å². The van der Waals surface area contributed by atoms with Gasteiger partial charge in [0.2, 0.25) is 5.91 Å². The largest absolute Gasteiger partial charge is 0.465 e. The Balaban J connectivity index is 1.61. The van der Waals surface area contributed by atoms with Crippen LogP contribution in [0.3, 0.4) is 0 Å². The number of aromatic nitrogens is 3. The van der Waals surface area contributed by atoms with Crippen LogP contribution < -0.4 is 5.32 Å². The molecule has 0 radical (unpaired) electrons. The molecule has 6 heteroatoms. The van der Waals surface area contributed by atoms with Gasteiger partial charge in [-0.2, -0.15) is 5.10 Å². The first kappa shape index (κ1) is 14.8. The van der Waals surface area contributed by atoms with Crippen molar-refractivity contribution < 1.29 is 9.21 Å². The van der Waals surface area contributed by atoms with Crippen LogP contribution in [-0.4, -0.2) is 20.7 Å². The smallest absolute Gasteiger partial charge is 0.244 e. The molecule has 116 valence electrons. The van der Waals surface area contributed by atoms with Crippen molar-refractivity contribution in [2.75, 3.05) is 0 Å². The van der Waals surface area contributed by atoms with Crippen LogP contribution >= 0.6 is 0 Å². The maximum Gasteiger partial charge on any atom is 0.244 e. The van der Waals surface area contributed by atoms with Crippen molar-refractivity contribution >= 4 is 12.0 Å². The zero-order chi connectivity index (χ0) is 16.1. The summed E-state index contributed by atoms with van der Waals surface area (Å²) in [6.07, 6.45) is 7.79. The number of furan rings is 1. The Kier molecular flexibility index (Phi) is 4.33. The first-order valence-corrected chi connectivity index (χ1v) is 7.19. The summed E-state index contributed by atoms with van der Waals surface area (Å²) in [6.45, 7) is 1.93. The van der Waals surface area contributed by atoms with Crippen molar-refractivity contribution in [1.82, 2.24) is 20.1 Å². The van der Waals surface area contributed by atoms with E-state index in [4.69, 9.17) is 4.42 Å². The van der Waals surface area contributed by atoms with Gasteiger partial charge in [-0.15, -0.1) is 0 Å². The first-order chi connectivity index (χ1) is 11.2. The third-order valence-electron chi connectivity index (χ3n) is 3.38. The highest BCUT2D eigenvalue weighted by Gasteiger charge is 2.08. The molecular formula is C17H16N4O2. The van der Waals surface area contributed by atoms with E-state index in [1.807, 2.05) is 31.2 Å². The number of carbonyl (C=O) groups excluding carboxylic acids is 1. The number of nitrogens with one attached hydrogen (secondary N) is 1. The lowest BCUT2D eigenvalue weighted by molar-refractivity contribution is -0.117. The van der Waals surface area contributed by atoms with Gasteiger partial charge >= 0.3 is 0 Å². The minimum absolute atomic E-state index is 0.103. The third kappa shape index (κ3) is 3.74. The van der Waals surface area contributed by atoms with E-state index in [0.717, 1.165) is 11.3 Å². The highest BCUT2D eigenvalue weighted by atomic mass is 16.3. The zero-order valence-electron chi connectivity index (χ0n) is 12.6. The van der Waals surface area contributed by atoms with E-state index < -0.39 is 0 Å².